The molecular weight excluding hydrogens is 274 g/mol. The molecule has 0 aliphatic heterocycles. The first-order chi connectivity index (χ1) is 9.91. The van der Waals surface area contributed by atoms with Crippen molar-refractivity contribution in [3.8, 4) is 0 Å². The van der Waals surface area contributed by atoms with Crippen molar-refractivity contribution < 1.29 is 24.6 Å². The SMILES string of the molecule is CC(=O)C(C(=O)O)C(C(=O)O)c1cnc2ccccc2c1. The number of carboxylic acids is 2. The first-order valence-corrected chi connectivity index (χ1v) is 6.22. The molecule has 1 heterocycles. The van der Waals surface area contributed by atoms with Crippen molar-refractivity contribution in [1.29, 1.82) is 0 Å². The van der Waals surface area contributed by atoms with Crippen LogP contribution in [0.4, 0.5) is 0 Å². The molecule has 2 unspecified atom stereocenters. The van der Waals surface area contributed by atoms with Crippen molar-refractivity contribution >= 4 is 28.6 Å². The second-order valence-corrected chi connectivity index (χ2v) is 4.70. The maximum atomic E-state index is 11.5. The fourth-order valence-electron chi connectivity index (χ4n) is 2.29. The summed E-state index contributed by atoms with van der Waals surface area (Å²) in [4.78, 5) is 38.3. The second-order valence-electron chi connectivity index (χ2n) is 4.70. The van der Waals surface area contributed by atoms with Crippen molar-refractivity contribution in [1.82, 2.24) is 4.98 Å². The Morgan fingerprint density at radius 2 is 1.76 bits per heavy atom. The van der Waals surface area contributed by atoms with Crippen LogP contribution in [0.25, 0.3) is 10.9 Å². The zero-order valence-corrected chi connectivity index (χ0v) is 11.2. The standard InChI is InChI=1S/C15H13NO5/c1-8(17)12(14(18)19)13(15(20)21)10-6-9-4-2-3-5-11(9)16-7-10/h2-7,12-13H,1H3,(H,18,19)(H,20,21). The molecule has 0 amide bonds. The normalized spacial score (nSPS) is 13.6. The highest BCUT2D eigenvalue weighted by atomic mass is 16.4. The van der Waals surface area contributed by atoms with Gasteiger partial charge in [0.1, 0.15) is 17.6 Å². The molecule has 0 saturated carbocycles. The van der Waals surface area contributed by atoms with Gasteiger partial charge >= 0.3 is 11.9 Å². The van der Waals surface area contributed by atoms with E-state index in [1.165, 1.54) is 6.20 Å². The number of ketones is 1. The zero-order valence-electron chi connectivity index (χ0n) is 11.2. The highest BCUT2D eigenvalue weighted by molar-refractivity contribution is 6.02. The molecule has 0 radical (unpaired) electrons. The topological polar surface area (TPSA) is 105 Å². The van der Waals surface area contributed by atoms with E-state index >= 15 is 0 Å². The monoisotopic (exact) mass is 287 g/mol. The molecule has 21 heavy (non-hydrogen) atoms. The van der Waals surface area contributed by atoms with Gasteiger partial charge < -0.3 is 10.2 Å². The molecule has 0 spiro atoms. The Bertz CT molecular complexity index is 711. The first kappa shape index (κ1) is 14.6. The van der Waals surface area contributed by atoms with Crippen molar-refractivity contribution in [2.45, 2.75) is 12.8 Å². The number of carboxylic acid groups (broad SMARTS) is 2. The van der Waals surface area contributed by atoms with Gasteiger partial charge in [0, 0.05) is 11.6 Å². The summed E-state index contributed by atoms with van der Waals surface area (Å²) in [7, 11) is 0. The number of benzene rings is 1. The predicted octanol–water partition coefficient (Wildman–Crippen LogP) is 1.69. The summed E-state index contributed by atoms with van der Waals surface area (Å²) in [5.41, 5.74) is 0.865. The average Bonchev–Trinajstić information content (AvgIpc) is 2.42. The van der Waals surface area contributed by atoms with Crippen LogP contribution >= 0.6 is 0 Å². The van der Waals surface area contributed by atoms with Gasteiger partial charge in [0.25, 0.3) is 0 Å². The number of para-hydroxylation sites is 1. The van der Waals surface area contributed by atoms with Gasteiger partial charge in [-0.1, -0.05) is 18.2 Å². The number of carbonyl (C=O) groups is 3. The van der Waals surface area contributed by atoms with Gasteiger partial charge in [-0.15, -0.1) is 0 Å². The van der Waals surface area contributed by atoms with E-state index in [0.717, 1.165) is 6.92 Å². The lowest BCUT2D eigenvalue weighted by atomic mass is 9.84. The maximum Gasteiger partial charge on any atom is 0.315 e. The minimum absolute atomic E-state index is 0.198. The van der Waals surface area contributed by atoms with Crippen molar-refractivity contribution in [3.63, 3.8) is 0 Å². The van der Waals surface area contributed by atoms with E-state index in [0.29, 0.717) is 10.9 Å². The van der Waals surface area contributed by atoms with Crippen LogP contribution in [0.1, 0.15) is 18.4 Å². The maximum absolute atomic E-state index is 11.5. The number of aromatic nitrogens is 1. The Morgan fingerprint density at radius 1 is 1.10 bits per heavy atom. The van der Waals surface area contributed by atoms with Crippen LogP contribution in [0, 0.1) is 5.92 Å². The number of fused-ring (bicyclic) bond motifs is 1. The lowest BCUT2D eigenvalue weighted by molar-refractivity contribution is -0.153. The fourth-order valence-corrected chi connectivity index (χ4v) is 2.29. The summed E-state index contributed by atoms with van der Waals surface area (Å²) in [6.07, 6.45) is 1.31. The Hall–Kier alpha value is -2.76. The summed E-state index contributed by atoms with van der Waals surface area (Å²) in [5.74, 6) is -6.62. The smallest absolute Gasteiger partial charge is 0.315 e. The third kappa shape index (κ3) is 2.89. The third-order valence-corrected chi connectivity index (χ3v) is 3.27. The molecule has 0 fully saturated rings. The molecule has 6 nitrogen and oxygen atoms in total. The quantitative estimate of drug-likeness (QED) is 0.811. The number of carbonyl (C=O) groups excluding carboxylic acids is 1. The molecule has 0 aliphatic rings. The molecule has 0 bridgehead atoms. The molecular formula is C15H13NO5. The van der Waals surface area contributed by atoms with Gasteiger partial charge in [-0.05, 0) is 24.6 Å². The van der Waals surface area contributed by atoms with Gasteiger partial charge in [-0.3, -0.25) is 19.4 Å². The highest BCUT2D eigenvalue weighted by Crippen LogP contribution is 2.28. The molecule has 2 N–H and O–H groups in total. The molecule has 0 aliphatic carbocycles. The fraction of sp³-hybridized carbons (Fsp3) is 0.200. The van der Waals surface area contributed by atoms with Gasteiger partial charge in [0.2, 0.25) is 0 Å². The molecule has 2 atom stereocenters. The van der Waals surface area contributed by atoms with Crippen molar-refractivity contribution in [3.05, 3.63) is 42.1 Å². The molecule has 1 aromatic carbocycles. The van der Waals surface area contributed by atoms with Gasteiger partial charge in [0.05, 0.1) is 5.52 Å². The van der Waals surface area contributed by atoms with Crippen LogP contribution in [-0.4, -0.2) is 32.9 Å². The van der Waals surface area contributed by atoms with Crippen LogP contribution < -0.4 is 0 Å². The second kappa shape index (κ2) is 5.70. The number of hydrogen-bond donors (Lipinski definition) is 2. The average molecular weight is 287 g/mol. The number of rotatable bonds is 5. The highest BCUT2D eigenvalue weighted by Gasteiger charge is 2.38. The van der Waals surface area contributed by atoms with Gasteiger partial charge in [-0.25, -0.2) is 0 Å². The van der Waals surface area contributed by atoms with E-state index in [1.807, 2.05) is 0 Å². The summed E-state index contributed by atoms with van der Waals surface area (Å²) in [6, 6.07) is 8.62. The minimum Gasteiger partial charge on any atom is -0.481 e. The number of Topliss-reactive ketones (excluding diaryl/α,β-unsaturated/α-hetero) is 1. The third-order valence-electron chi connectivity index (χ3n) is 3.27. The van der Waals surface area contributed by atoms with E-state index in [9.17, 15) is 19.5 Å². The minimum atomic E-state index is -1.63. The van der Waals surface area contributed by atoms with E-state index < -0.39 is 29.6 Å². The summed E-state index contributed by atoms with van der Waals surface area (Å²) in [6.45, 7) is 1.07. The Balaban J connectivity index is 2.57. The van der Waals surface area contributed by atoms with E-state index in [1.54, 1.807) is 30.3 Å². The number of pyridine rings is 1. The Morgan fingerprint density at radius 3 is 2.33 bits per heavy atom. The van der Waals surface area contributed by atoms with Crippen LogP contribution in [0.5, 0.6) is 0 Å². The molecule has 2 aromatic rings. The molecule has 108 valence electrons. The largest absolute Gasteiger partial charge is 0.481 e. The molecule has 6 heteroatoms. The lowest BCUT2D eigenvalue weighted by Crippen LogP contribution is -2.33. The van der Waals surface area contributed by atoms with Gasteiger partial charge in [0.15, 0.2) is 0 Å². The predicted molar refractivity (Wildman–Crippen MR) is 73.9 cm³/mol. The first-order valence-electron chi connectivity index (χ1n) is 6.22. The van der Waals surface area contributed by atoms with Crippen LogP contribution in [0.3, 0.4) is 0 Å². The van der Waals surface area contributed by atoms with Crippen LogP contribution in [-0.2, 0) is 14.4 Å². The van der Waals surface area contributed by atoms with Crippen molar-refractivity contribution in [2.75, 3.05) is 0 Å². The van der Waals surface area contributed by atoms with Gasteiger partial charge in [-0.2, -0.15) is 0 Å². The van der Waals surface area contributed by atoms with E-state index in [2.05, 4.69) is 4.98 Å². The molecule has 1 aromatic heterocycles. The van der Waals surface area contributed by atoms with Crippen LogP contribution in [0.2, 0.25) is 0 Å². The van der Waals surface area contributed by atoms with E-state index in [4.69, 9.17) is 5.11 Å². The molecule has 2 rings (SSSR count). The summed E-state index contributed by atoms with van der Waals surface area (Å²) in [5, 5.41) is 19.1. The van der Waals surface area contributed by atoms with E-state index in [-0.39, 0.29) is 5.56 Å². The number of hydrogen-bond acceptors (Lipinski definition) is 4. The molecule has 0 saturated heterocycles. The number of nitrogens with zero attached hydrogens (tertiary/aromatic N) is 1. The summed E-state index contributed by atoms with van der Waals surface area (Å²) >= 11 is 0. The van der Waals surface area contributed by atoms with Crippen LogP contribution in [0.15, 0.2) is 36.5 Å². The Kier molecular flexibility index (Phi) is 3.98. The lowest BCUT2D eigenvalue weighted by Gasteiger charge is -2.18. The van der Waals surface area contributed by atoms with Crippen molar-refractivity contribution in [2.24, 2.45) is 5.92 Å². The number of aliphatic carboxylic acids is 2. The zero-order chi connectivity index (χ0) is 15.6. The Labute approximate surface area is 120 Å². The summed E-state index contributed by atoms with van der Waals surface area (Å²) < 4.78 is 0.